The Hall–Kier alpha value is -2.48. The normalized spacial score (nSPS) is 15.1. The molecule has 1 aromatic heterocycles. The van der Waals surface area contributed by atoms with Gasteiger partial charge in [0.1, 0.15) is 11.9 Å². The van der Waals surface area contributed by atoms with Crippen molar-refractivity contribution in [2.75, 3.05) is 38.2 Å². The number of carbonyl (C=O) groups is 1. The van der Waals surface area contributed by atoms with E-state index in [1.807, 2.05) is 4.90 Å². The van der Waals surface area contributed by atoms with Gasteiger partial charge in [-0.15, -0.1) is 0 Å². The van der Waals surface area contributed by atoms with Crippen LogP contribution in [0.3, 0.4) is 0 Å². The number of esters is 1. The average Bonchev–Trinajstić information content (AvgIpc) is 2.73. The van der Waals surface area contributed by atoms with Crippen molar-refractivity contribution in [3.63, 3.8) is 0 Å². The van der Waals surface area contributed by atoms with Gasteiger partial charge in [0, 0.05) is 36.8 Å². The third kappa shape index (κ3) is 3.87. The Bertz CT molecular complexity index is 1040. The maximum Gasteiger partial charge on any atom is 0.339 e. The Morgan fingerprint density at radius 3 is 2.61 bits per heavy atom. The van der Waals surface area contributed by atoms with E-state index in [1.54, 1.807) is 18.3 Å². The van der Waals surface area contributed by atoms with Gasteiger partial charge in [0.15, 0.2) is 0 Å². The lowest BCUT2D eigenvalue weighted by Crippen LogP contribution is -2.49. The summed E-state index contributed by atoms with van der Waals surface area (Å²) in [6, 6.07) is 9.75. The number of pyridine rings is 1. The smallest absolute Gasteiger partial charge is 0.339 e. The van der Waals surface area contributed by atoms with Crippen LogP contribution in [0.5, 0.6) is 0 Å². The molecule has 1 aliphatic rings. The highest BCUT2D eigenvalue weighted by Gasteiger charge is 2.30. The number of halogens is 1. The summed E-state index contributed by atoms with van der Waals surface area (Å²) in [7, 11) is -2.53. The van der Waals surface area contributed by atoms with Crippen molar-refractivity contribution in [1.29, 1.82) is 5.26 Å². The molecule has 2 heterocycles. The molecule has 2 aromatic rings. The molecule has 0 saturated carbocycles. The molecular weight excluding hydrogens is 448 g/mol. The fraction of sp³-hybridized carbons (Fsp3) is 0.278. The number of benzene rings is 1. The van der Waals surface area contributed by atoms with Crippen molar-refractivity contribution in [2.45, 2.75) is 4.90 Å². The molecule has 0 bridgehead atoms. The highest BCUT2D eigenvalue weighted by atomic mass is 79.9. The zero-order chi connectivity index (χ0) is 20.3. The number of hydrogen-bond donors (Lipinski definition) is 0. The highest BCUT2D eigenvalue weighted by molar-refractivity contribution is 9.10. The molecule has 0 N–H and O–H groups in total. The number of nitriles is 1. The molecule has 1 aliphatic heterocycles. The molecule has 28 heavy (non-hydrogen) atoms. The fourth-order valence-electron chi connectivity index (χ4n) is 2.96. The van der Waals surface area contributed by atoms with E-state index < -0.39 is 16.0 Å². The molecule has 0 unspecified atom stereocenters. The monoisotopic (exact) mass is 464 g/mol. The molecule has 8 nitrogen and oxygen atoms in total. The van der Waals surface area contributed by atoms with E-state index in [2.05, 4.69) is 27.0 Å². The van der Waals surface area contributed by atoms with Crippen LogP contribution in [0, 0.1) is 11.3 Å². The molecule has 0 spiro atoms. The fourth-order valence-corrected chi connectivity index (χ4v) is 4.81. The quantitative estimate of drug-likeness (QED) is 0.637. The molecule has 1 aromatic carbocycles. The second-order valence-electron chi connectivity index (χ2n) is 6.01. The number of nitrogens with zero attached hydrogens (tertiary/aromatic N) is 4. The molecule has 1 fully saturated rings. The first-order valence-corrected chi connectivity index (χ1v) is 10.6. The van der Waals surface area contributed by atoms with E-state index >= 15 is 0 Å². The lowest BCUT2D eigenvalue weighted by molar-refractivity contribution is 0.0599. The van der Waals surface area contributed by atoms with E-state index in [0.717, 1.165) is 0 Å². The van der Waals surface area contributed by atoms with Crippen LogP contribution in [0.15, 0.2) is 45.9 Å². The number of piperazine rings is 1. The Balaban J connectivity index is 1.80. The molecule has 0 amide bonds. The Morgan fingerprint density at radius 1 is 1.25 bits per heavy atom. The van der Waals surface area contributed by atoms with E-state index in [0.29, 0.717) is 28.9 Å². The number of rotatable bonds is 4. The van der Waals surface area contributed by atoms with Crippen LogP contribution in [0.1, 0.15) is 15.9 Å². The van der Waals surface area contributed by atoms with Crippen LogP contribution in [-0.4, -0.2) is 57.0 Å². The summed E-state index contributed by atoms with van der Waals surface area (Å²) in [6.07, 6.45) is 1.61. The Labute approximate surface area is 171 Å². The maximum absolute atomic E-state index is 13.0. The summed E-state index contributed by atoms with van der Waals surface area (Å²) in [5.41, 5.74) is 0.601. The average molecular weight is 465 g/mol. The number of sulfonamides is 1. The SMILES string of the molecule is COC(=O)c1cc(S(=O)(=O)N2CCN(c3ncccc3C#N)CC2)ccc1Br. The molecule has 3 rings (SSSR count). The number of methoxy groups -OCH3 is 1. The summed E-state index contributed by atoms with van der Waals surface area (Å²) >= 11 is 3.23. The van der Waals surface area contributed by atoms with Crippen molar-refractivity contribution < 1.29 is 17.9 Å². The number of hydrogen-bond acceptors (Lipinski definition) is 7. The minimum Gasteiger partial charge on any atom is -0.465 e. The number of anilines is 1. The number of aromatic nitrogens is 1. The van der Waals surface area contributed by atoms with Crippen LogP contribution in [0.4, 0.5) is 5.82 Å². The van der Waals surface area contributed by atoms with Crippen LogP contribution >= 0.6 is 15.9 Å². The molecule has 0 radical (unpaired) electrons. The first-order chi connectivity index (χ1) is 13.4. The van der Waals surface area contributed by atoms with Crippen LogP contribution < -0.4 is 4.90 Å². The van der Waals surface area contributed by atoms with E-state index in [9.17, 15) is 18.5 Å². The van der Waals surface area contributed by atoms with Crippen LogP contribution in [0.25, 0.3) is 0 Å². The topological polar surface area (TPSA) is 104 Å². The standard InChI is InChI=1S/C18H17BrN4O4S/c1-27-18(24)15-11-14(4-5-16(15)19)28(25,26)23-9-7-22(8-10-23)17-13(12-20)3-2-6-21-17/h2-6,11H,7-10H2,1H3. The Morgan fingerprint density at radius 2 is 1.96 bits per heavy atom. The second kappa shape index (κ2) is 8.26. The van der Waals surface area contributed by atoms with Crippen molar-refractivity contribution in [1.82, 2.24) is 9.29 Å². The van der Waals surface area contributed by atoms with E-state index in [4.69, 9.17) is 4.74 Å². The van der Waals surface area contributed by atoms with Gasteiger partial charge in [-0.3, -0.25) is 0 Å². The first kappa shape index (κ1) is 20.3. The summed E-state index contributed by atoms with van der Waals surface area (Å²) in [4.78, 5) is 18.0. The van der Waals surface area contributed by atoms with Crippen molar-refractivity contribution >= 4 is 37.7 Å². The third-order valence-electron chi connectivity index (χ3n) is 4.43. The minimum atomic E-state index is -3.77. The largest absolute Gasteiger partial charge is 0.465 e. The van der Waals surface area contributed by atoms with Crippen LogP contribution in [-0.2, 0) is 14.8 Å². The van der Waals surface area contributed by atoms with E-state index in [1.165, 1.54) is 29.6 Å². The van der Waals surface area contributed by atoms with Gasteiger partial charge in [-0.1, -0.05) is 0 Å². The van der Waals surface area contributed by atoms with Gasteiger partial charge < -0.3 is 9.64 Å². The summed E-state index contributed by atoms with van der Waals surface area (Å²) in [6.45, 7) is 1.30. The molecular formula is C18H17BrN4O4S. The van der Waals surface area contributed by atoms with Gasteiger partial charge in [0.25, 0.3) is 0 Å². The second-order valence-corrected chi connectivity index (χ2v) is 8.80. The van der Waals surface area contributed by atoms with Crippen molar-refractivity contribution in [3.05, 3.63) is 52.1 Å². The molecule has 0 atom stereocenters. The van der Waals surface area contributed by atoms with Gasteiger partial charge in [-0.2, -0.15) is 9.57 Å². The van der Waals surface area contributed by atoms with Gasteiger partial charge in [-0.25, -0.2) is 18.2 Å². The number of carbonyl (C=O) groups excluding carboxylic acids is 1. The third-order valence-corrected chi connectivity index (χ3v) is 7.01. The van der Waals surface area contributed by atoms with Crippen molar-refractivity contribution in [3.8, 4) is 6.07 Å². The summed E-state index contributed by atoms with van der Waals surface area (Å²) in [5, 5.41) is 9.23. The van der Waals surface area contributed by atoms with Gasteiger partial charge in [0.05, 0.1) is 23.1 Å². The zero-order valence-electron chi connectivity index (χ0n) is 15.0. The summed E-state index contributed by atoms with van der Waals surface area (Å²) in [5.74, 6) is -0.0633. The van der Waals surface area contributed by atoms with Gasteiger partial charge >= 0.3 is 5.97 Å². The molecule has 146 valence electrons. The predicted octanol–water partition coefficient (Wildman–Crippen LogP) is 2.01. The van der Waals surface area contributed by atoms with E-state index in [-0.39, 0.29) is 23.5 Å². The summed E-state index contributed by atoms with van der Waals surface area (Å²) < 4.78 is 32.5. The highest BCUT2D eigenvalue weighted by Crippen LogP contribution is 2.26. The zero-order valence-corrected chi connectivity index (χ0v) is 17.4. The lowest BCUT2D eigenvalue weighted by atomic mass is 10.2. The van der Waals surface area contributed by atoms with Gasteiger partial charge in [-0.05, 0) is 46.3 Å². The lowest BCUT2D eigenvalue weighted by Gasteiger charge is -2.35. The first-order valence-electron chi connectivity index (χ1n) is 8.36. The van der Waals surface area contributed by atoms with Gasteiger partial charge in [0.2, 0.25) is 10.0 Å². The van der Waals surface area contributed by atoms with Crippen molar-refractivity contribution in [2.24, 2.45) is 0 Å². The maximum atomic E-state index is 13.0. The molecule has 1 saturated heterocycles. The van der Waals surface area contributed by atoms with Crippen LogP contribution in [0.2, 0.25) is 0 Å². The molecule has 0 aliphatic carbocycles. The molecule has 10 heteroatoms. The Kier molecular flexibility index (Phi) is 5.98. The number of ether oxygens (including phenoxy) is 1. The predicted molar refractivity (Wildman–Crippen MR) is 105 cm³/mol. The minimum absolute atomic E-state index is 0.0279.